The molecule has 2 N–H and O–H groups in total. The van der Waals surface area contributed by atoms with Gasteiger partial charge in [0.2, 0.25) is 0 Å². The predicted octanol–water partition coefficient (Wildman–Crippen LogP) is -0.508. The van der Waals surface area contributed by atoms with E-state index in [9.17, 15) is 0 Å². The van der Waals surface area contributed by atoms with Gasteiger partial charge in [-0.25, -0.2) is 0 Å². The molecular formula is C9H16N4O2. The average molecular weight is 212 g/mol. The molecule has 0 radical (unpaired) electrons. The van der Waals surface area contributed by atoms with Gasteiger partial charge in [-0.2, -0.15) is 0 Å². The van der Waals surface area contributed by atoms with Crippen molar-refractivity contribution >= 4 is 0 Å². The highest BCUT2D eigenvalue weighted by Gasteiger charge is 2.22. The number of rotatable bonds is 3. The third kappa shape index (κ3) is 2.17. The smallest absolute Gasteiger partial charge is 0.163 e. The Morgan fingerprint density at radius 3 is 3.33 bits per heavy atom. The molecule has 1 aromatic rings. The Morgan fingerprint density at radius 2 is 2.67 bits per heavy atom. The highest BCUT2D eigenvalue weighted by atomic mass is 16.5. The number of ether oxygens (including phenoxy) is 1. The maximum atomic E-state index is 9.10. The van der Waals surface area contributed by atoms with Crippen molar-refractivity contribution < 1.29 is 9.84 Å². The number of morpholine rings is 1. The van der Waals surface area contributed by atoms with Gasteiger partial charge in [0.1, 0.15) is 12.4 Å². The minimum absolute atomic E-state index is 0.0134. The summed E-state index contributed by atoms with van der Waals surface area (Å²) in [6.45, 7) is 4.30. The first-order valence-corrected chi connectivity index (χ1v) is 5.15. The molecule has 0 aromatic carbocycles. The van der Waals surface area contributed by atoms with Gasteiger partial charge in [-0.3, -0.25) is 0 Å². The van der Waals surface area contributed by atoms with Gasteiger partial charge in [0.25, 0.3) is 0 Å². The molecule has 1 fully saturated rings. The summed E-state index contributed by atoms with van der Waals surface area (Å²) in [6, 6.07) is -0.0134. The number of nitrogens with one attached hydrogen (secondary N) is 1. The van der Waals surface area contributed by atoms with Crippen LogP contribution in [0.4, 0.5) is 0 Å². The fourth-order valence-electron chi connectivity index (χ4n) is 1.64. The topological polar surface area (TPSA) is 72.2 Å². The van der Waals surface area contributed by atoms with Crippen molar-refractivity contribution in [1.29, 1.82) is 0 Å². The maximum Gasteiger partial charge on any atom is 0.163 e. The van der Waals surface area contributed by atoms with Crippen LogP contribution in [-0.4, -0.2) is 46.2 Å². The molecule has 2 unspecified atom stereocenters. The van der Waals surface area contributed by atoms with E-state index in [-0.39, 0.29) is 18.8 Å². The fourth-order valence-corrected chi connectivity index (χ4v) is 1.64. The van der Waals surface area contributed by atoms with Crippen molar-refractivity contribution in [2.45, 2.75) is 19.1 Å². The lowest BCUT2D eigenvalue weighted by Crippen LogP contribution is -2.35. The molecule has 6 nitrogen and oxygen atoms in total. The first kappa shape index (κ1) is 10.5. The normalized spacial score (nSPS) is 24.0. The van der Waals surface area contributed by atoms with Crippen LogP contribution in [0, 0.1) is 0 Å². The largest absolute Gasteiger partial charge is 0.394 e. The molecule has 0 spiro atoms. The predicted molar refractivity (Wildman–Crippen MR) is 53.4 cm³/mol. The molecule has 2 heterocycles. The lowest BCUT2D eigenvalue weighted by atomic mass is 10.2. The van der Waals surface area contributed by atoms with E-state index in [1.807, 2.05) is 11.5 Å². The molecule has 0 saturated carbocycles. The van der Waals surface area contributed by atoms with E-state index in [0.29, 0.717) is 6.61 Å². The lowest BCUT2D eigenvalue weighted by molar-refractivity contribution is 0.0183. The van der Waals surface area contributed by atoms with Crippen LogP contribution in [0.1, 0.15) is 24.9 Å². The summed E-state index contributed by atoms with van der Waals surface area (Å²) in [5.74, 6) is 0.781. The van der Waals surface area contributed by atoms with Crippen LogP contribution in [-0.2, 0) is 4.74 Å². The fraction of sp³-hybridized carbons (Fsp3) is 0.778. The highest BCUT2D eigenvalue weighted by Crippen LogP contribution is 2.19. The van der Waals surface area contributed by atoms with Crippen LogP contribution in [0.3, 0.4) is 0 Å². The van der Waals surface area contributed by atoms with Gasteiger partial charge in [-0.05, 0) is 6.92 Å². The molecule has 1 aromatic heterocycles. The number of nitrogens with zero attached hydrogens (tertiary/aromatic N) is 3. The first-order chi connectivity index (χ1) is 7.33. The second-order valence-corrected chi connectivity index (χ2v) is 3.69. The van der Waals surface area contributed by atoms with Gasteiger partial charge in [0, 0.05) is 13.1 Å². The second kappa shape index (κ2) is 4.69. The molecule has 0 amide bonds. The molecule has 84 valence electrons. The second-order valence-electron chi connectivity index (χ2n) is 3.69. The average Bonchev–Trinajstić information content (AvgIpc) is 2.78. The molecule has 2 rings (SSSR count). The van der Waals surface area contributed by atoms with Gasteiger partial charge in [0.15, 0.2) is 5.82 Å². The Labute approximate surface area is 88.3 Å². The van der Waals surface area contributed by atoms with Gasteiger partial charge in [-0.1, -0.05) is 0 Å². The van der Waals surface area contributed by atoms with E-state index >= 15 is 0 Å². The van der Waals surface area contributed by atoms with Crippen LogP contribution < -0.4 is 5.32 Å². The van der Waals surface area contributed by atoms with Crippen molar-refractivity contribution in [3.8, 4) is 0 Å². The minimum atomic E-state index is -0.0600. The van der Waals surface area contributed by atoms with Crippen LogP contribution in [0.5, 0.6) is 0 Å². The van der Waals surface area contributed by atoms with E-state index in [0.717, 1.165) is 18.9 Å². The zero-order chi connectivity index (χ0) is 10.7. The number of aliphatic hydroxyl groups is 1. The third-order valence-corrected chi connectivity index (χ3v) is 2.56. The molecule has 1 aliphatic rings. The zero-order valence-corrected chi connectivity index (χ0v) is 8.76. The van der Waals surface area contributed by atoms with E-state index in [1.165, 1.54) is 0 Å². The number of aliphatic hydroxyl groups excluding tert-OH is 1. The van der Waals surface area contributed by atoms with Crippen molar-refractivity contribution in [3.63, 3.8) is 0 Å². The quantitative estimate of drug-likeness (QED) is 0.706. The summed E-state index contributed by atoms with van der Waals surface area (Å²) in [6.07, 6.45) is 1.57. The number of hydrogen-bond donors (Lipinski definition) is 2. The Morgan fingerprint density at radius 1 is 1.80 bits per heavy atom. The summed E-state index contributed by atoms with van der Waals surface area (Å²) in [5, 5.41) is 20.2. The van der Waals surface area contributed by atoms with Crippen LogP contribution >= 0.6 is 0 Å². The van der Waals surface area contributed by atoms with Crippen LogP contribution in [0.2, 0.25) is 0 Å². The summed E-state index contributed by atoms with van der Waals surface area (Å²) in [5.41, 5.74) is 0. The third-order valence-electron chi connectivity index (χ3n) is 2.56. The first-order valence-electron chi connectivity index (χ1n) is 5.15. The number of hydrogen-bond acceptors (Lipinski definition) is 5. The van der Waals surface area contributed by atoms with Crippen LogP contribution in [0.15, 0.2) is 6.33 Å². The van der Waals surface area contributed by atoms with E-state index in [1.54, 1.807) is 6.33 Å². The highest BCUT2D eigenvalue weighted by molar-refractivity contribution is 4.96. The minimum Gasteiger partial charge on any atom is -0.394 e. The van der Waals surface area contributed by atoms with Gasteiger partial charge >= 0.3 is 0 Å². The van der Waals surface area contributed by atoms with E-state index < -0.39 is 0 Å². The Kier molecular flexibility index (Phi) is 3.30. The Bertz CT molecular complexity index is 309. The molecule has 15 heavy (non-hydrogen) atoms. The zero-order valence-electron chi connectivity index (χ0n) is 8.76. The van der Waals surface area contributed by atoms with Gasteiger partial charge in [-0.15, -0.1) is 10.2 Å². The SMILES string of the molecule is CC(CO)n1cnnc1C1CNCCO1. The molecule has 1 aliphatic heterocycles. The van der Waals surface area contributed by atoms with Crippen molar-refractivity contribution in [3.05, 3.63) is 12.2 Å². The van der Waals surface area contributed by atoms with Crippen molar-refractivity contribution in [2.75, 3.05) is 26.3 Å². The summed E-state index contributed by atoms with van der Waals surface area (Å²) < 4.78 is 7.45. The van der Waals surface area contributed by atoms with E-state index in [2.05, 4.69) is 15.5 Å². The summed E-state index contributed by atoms with van der Waals surface area (Å²) >= 11 is 0. The van der Waals surface area contributed by atoms with Gasteiger partial charge in [0.05, 0.1) is 19.3 Å². The Hall–Kier alpha value is -0.980. The van der Waals surface area contributed by atoms with E-state index in [4.69, 9.17) is 9.84 Å². The van der Waals surface area contributed by atoms with Crippen LogP contribution in [0.25, 0.3) is 0 Å². The summed E-state index contributed by atoms with van der Waals surface area (Å²) in [4.78, 5) is 0. The van der Waals surface area contributed by atoms with Gasteiger partial charge < -0.3 is 19.7 Å². The maximum absolute atomic E-state index is 9.10. The standard InChI is InChI=1S/C9H16N4O2/c1-7(5-14)13-6-11-12-9(13)8-4-10-2-3-15-8/h6-8,10,14H,2-5H2,1H3. The molecule has 6 heteroatoms. The monoisotopic (exact) mass is 212 g/mol. The molecule has 0 aliphatic carbocycles. The molecule has 0 bridgehead atoms. The molecule has 2 atom stereocenters. The molecule has 1 saturated heterocycles. The van der Waals surface area contributed by atoms with Crippen molar-refractivity contribution in [2.24, 2.45) is 0 Å². The van der Waals surface area contributed by atoms with Crippen molar-refractivity contribution in [1.82, 2.24) is 20.1 Å². The molecular weight excluding hydrogens is 196 g/mol. The Balaban J connectivity index is 2.15. The number of aromatic nitrogens is 3. The summed E-state index contributed by atoms with van der Waals surface area (Å²) in [7, 11) is 0. The lowest BCUT2D eigenvalue weighted by Gasteiger charge is -2.24.